The highest BCUT2D eigenvalue weighted by Gasteiger charge is 2.59. The van der Waals surface area contributed by atoms with E-state index in [9.17, 15) is 4.79 Å². The molecule has 1 aromatic rings. The Morgan fingerprint density at radius 2 is 2.14 bits per heavy atom. The van der Waals surface area contributed by atoms with Gasteiger partial charge < -0.3 is 9.64 Å². The number of hydrogen-bond donors (Lipinski definition) is 1. The summed E-state index contributed by atoms with van der Waals surface area (Å²) in [5.41, 5.74) is 1.71. The lowest BCUT2D eigenvalue weighted by Crippen LogP contribution is -2.43. The molecule has 2 fully saturated rings. The SMILES string of the molecule is COC(C)(C)CN1C(=O)C2(CC2)NC1c1cccc(C)c1. The second kappa shape index (κ2) is 4.82. The number of rotatable bonds is 4. The first-order chi connectivity index (χ1) is 9.87. The van der Waals surface area contributed by atoms with Crippen LogP contribution >= 0.6 is 0 Å². The van der Waals surface area contributed by atoms with Crippen LogP contribution in [0, 0.1) is 6.92 Å². The average Bonchev–Trinajstić information content (AvgIpc) is 3.18. The van der Waals surface area contributed by atoms with Crippen LogP contribution in [0.4, 0.5) is 0 Å². The Bertz CT molecular complexity index is 564. The second-order valence-corrected chi connectivity index (χ2v) is 6.94. The van der Waals surface area contributed by atoms with Gasteiger partial charge in [-0.3, -0.25) is 10.1 Å². The average molecular weight is 288 g/mol. The largest absolute Gasteiger partial charge is 0.377 e. The molecule has 1 saturated heterocycles. The van der Waals surface area contributed by atoms with Gasteiger partial charge in [-0.25, -0.2) is 0 Å². The van der Waals surface area contributed by atoms with Gasteiger partial charge in [-0.15, -0.1) is 0 Å². The van der Waals surface area contributed by atoms with Gasteiger partial charge in [0.25, 0.3) is 0 Å². The number of amides is 1. The minimum atomic E-state index is -0.347. The number of carbonyl (C=O) groups excluding carboxylic acids is 1. The van der Waals surface area contributed by atoms with Crippen LogP contribution in [0.1, 0.15) is 44.0 Å². The van der Waals surface area contributed by atoms with E-state index < -0.39 is 0 Å². The molecule has 1 saturated carbocycles. The third-order valence-corrected chi connectivity index (χ3v) is 4.61. The summed E-state index contributed by atoms with van der Waals surface area (Å²) in [6.45, 7) is 6.71. The molecular weight excluding hydrogens is 264 g/mol. The molecular formula is C17H24N2O2. The smallest absolute Gasteiger partial charge is 0.244 e. The van der Waals surface area contributed by atoms with Crippen LogP contribution in [0.5, 0.6) is 0 Å². The molecule has 0 aromatic heterocycles. The molecule has 1 aliphatic heterocycles. The predicted octanol–water partition coefficient (Wildman–Crippen LogP) is 2.38. The fourth-order valence-electron chi connectivity index (χ4n) is 3.02. The molecule has 0 bridgehead atoms. The molecule has 1 heterocycles. The molecule has 4 nitrogen and oxygen atoms in total. The molecule has 1 amide bonds. The lowest BCUT2D eigenvalue weighted by molar-refractivity contribution is -0.134. The molecule has 21 heavy (non-hydrogen) atoms. The highest BCUT2D eigenvalue weighted by molar-refractivity contribution is 5.92. The number of carbonyl (C=O) groups is 1. The highest BCUT2D eigenvalue weighted by atomic mass is 16.5. The van der Waals surface area contributed by atoms with E-state index >= 15 is 0 Å². The maximum Gasteiger partial charge on any atom is 0.244 e. The molecule has 0 radical (unpaired) electrons. The van der Waals surface area contributed by atoms with Crippen LogP contribution in [0.25, 0.3) is 0 Å². The Hall–Kier alpha value is -1.39. The van der Waals surface area contributed by atoms with Gasteiger partial charge in [-0.05, 0) is 39.2 Å². The zero-order chi connectivity index (χ0) is 15.3. The van der Waals surface area contributed by atoms with Gasteiger partial charge >= 0.3 is 0 Å². The van der Waals surface area contributed by atoms with E-state index in [2.05, 4.69) is 30.4 Å². The quantitative estimate of drug-likeness (QED) is 0.925. The summed E-state index contributed by atoms with van der Waals surface area (Å²) in [5, 5.41) is 3.55. The molecule has 1 atom stereocenters. The van der Waals surface area contributed by atoms with Crippen LogP contribution in [0.3, 0.4) is 0 Å². The van der Waals surface area contributed by atoms with E-state index in [0.717, 1.165) is 18.4 Å². The Morgan fingerprint density at radius 3 is 2.71 bits per heavy atom. The molecule has 3 rings (SSSR count). The molecule has 1 spiro atoms. The van der Waals surface area contributed by atoms with E-state index in [1.807, 2.05) is 24.8 Å². The molecule has 1 aliphatic carbocycles. The summed E-state index contributed by atoms with van der Waals surface area (Å²) >= 11 is 0. The maximum absolute atomic E-state index is 12.8. The van der Waals surface area contributed by atoms with Crippen molar-refractivity contribution in [1.29, 1.82) is 0 Å². The minimum Gasteiger partial charge on any atom is -0.377 e. The van der Waals surface area contributed by atoms with Crippen LogP contribution in [-0.2, 0) is 9.53 Å². The van der Waals surface area contributed by atoms with E-state index in [-0.39, 0.29) is 23.2 Å². The fourth-order valence-corrected chi connectivity index (χ4v) is 3.02. The highest BCUT2D eigenvalue weighted by Crippen LogP contribution is 2.46. The fraction of sp³-hybridized carbons (Fsp3) is 0.588. The third-order valence-electron chi connectivity index (χ3n) is 4.61. The first-order valence-corrected chi connectivity index (χ1v) is 7.57. The number of methoxy groups -OCH3 is 1. The van der Waals surface area contributed by atoms with Crippen molar-refractivity contribution in [3.8, 4) is 0 Å². The monoisotopic (exact) mass is 288 g/mol. The van der Waals surface area contributed by atoms with Crippen LogP contribution in [-0.4, -0.2) is 35.6 Å². The first-order valence-electron chi connectivity index (χ1n) is 7.57. The van der Waals surface area contributed by atoms with E-state index in [1.54, 1.807) is 7.11 Å². The number of ether oxygens (including phenoxy) is 1. The molecule has 1 N–H and O–H groups in total. The Morgan fingerprint density at radius 1 is 1.43 bits per heavy atom. The summed E-state index contributed by atoms with van der Waals surface area (Å²) in [6.07, 6.45) is 1.84. The number of nitrogens with zero attached hydrogens (tertiary/aromatic N) is 1. The number of hydrogen-bond acceptors (Lipinski definition) is 3. The van der Waals surface area contributed by atoms with E-state index in [4.69, 9.17) is 4.74 Å². The maximum atomic E-state index is 12.8. The van der Waals surface area contributed by atoms with Crippen LogP contribution < -0.4 is 5.32 Å². The van der Waals surface area contributed by atoms with Crippen molar-refractivity contribution in [3.05, 3.63) is 35.4 Å². The van der Waals surface area contributed by atoms with Crippen molar-refractivity contribution in [2.75, 3.05) is 13.7 Å². The van der Waals surface area contributed by atoms with Crippen molar-refractivity contribution in [2.24, 2.45) is 0 Å². The minimum absolute atomic E-state index is 0.0469. The Labute approximate surface area is 126 Å². The summed E-state index contributed by atoms with van der Waals surface area (Å²) in [4.78, 5) is 14.7. The molecule has 1 unspecified atom stereocenters. The van der Waals surface area contributed by atoms with Crippen molar-refractivity contribution in [1.82, 2.24) is 10.2 Å². The second-order valence-electron chi connectivity index (χ2n) is 6.94. The molecule has 2 aliphatic rings. The zero-order valence-electron chi connectivity index (χ0n) is 13.3. The number of benzene rings is 1. The topological polar surface area (TPSA) is 41.6 Å². The van der Waals surface area contributed by atoms with Crippen molar-refractivity contribution >= 4 is 5.91 Å². The van der Waals surface area contributed by atoms with E-state index in [1.165, 1.54) is 5.56 Å². The summed E-state index contributed by atoms with van der Waals surface area (Å²) in [5.74, 6) is 0.221. The summed E-state index contributed by atoms with van der Waals surface area (Å²) < 4.78 is 5.52. The number of nitrogens with one attached hydrogen (secondary N) is 1. The van der Waals surface area contributed by atoms with Gasteiger partial charge in [-0.1, -0.05) is 29.8 Å². The Kier molecular flexibility index (Phi) is 3.34. The predicted molar refractivity (Wildman–Crippen MR) is 81.8 cm³/mol. The van der Waals surface area contributed by atoms with Gasteiger partial charge in [0.2, 0.25) is 5.91 Å². The van der Waals surface area contributed by atoms with Crippen molar-refractivity contribution in [2.45, 2.75) is 50.9 Å². The standard InChI is InChI=1S/C17H24N2O2/c1-12-6-5-7-13(10-12)14-18-17(8-9-17)15(20)19(14)11-16(2,3)21-4/h5-7,10,14,18H,8-9,11H2,1-4H3. The Balaban J connectivity index is 1.91. The van der Waals surface area contributed by atoms with Crippen molar-refractivity contribution < 1.29 is 9.53 Å². The van der Waals surface area contributed by atoms with Crippen molar-refractivity contribution in [3.63, 3.8) is 0 Å². The normalized spacial score (nSPS) is 23.9. The molecule has 1 aromatic carbocycles. The molecule has 4 heteroatoms. The lowest BCUT2D eigenvalue weighted by Gasteiger charge is -2.32. The van der Waals surface area contributed by atoms with Gasteiger partial charge in [0.05, 0.1) is 12.1 Å². The van der Waals surface area contributed by atoms with Crippen LogP contribution in [0.15, 0.2) is 24.3 Å². The van der Waals surface area contributed by atoms with Gasteiger partial charge in [0, 0.05) is 7.11 Å². The van der Waals surface area contributed by atoms with Gasteiger partial charge in [0.15, 0.2) is 0 Å². The summed E-state index contributed by atoms with van der Waals surface area (Å²) in [6, 6.07) is 8.37. The molecule has 114 valence electrons. The first kappa shape index (κ1) is 14.5. The lowest BCUT2D eigenvalue weighted by atomic mass is 10.1. The number of aryl methyl sites for hydroxylation is 1. The van der Waals surface area contributed by atoms with E-state index in [0.29, 0.717) is 6.54 Å². The van der Waals surface area contributed by atoms with Crippen LogP contribution in [0.2, 0.25) is 0 Å². The summed E-state index contributed by atoms with van der Waals surface area (Å²) in [7, 11) is 1.70. The van der Waals surface area contributed by atoms with Gasteiger partial charge in [0.1, 0.15) is 11.7 Å². The van der Waals surface area contributed by atoms with Gasteiger partial charge in [-0.2, -0.15) is 0 Å². The third kappa shape index (κ3) is 2.58. The zero-order valence-corrected chi connectivity index (χ0v) is 13.3.